The van der Waals surface area contributed by atoms with Gasteiger partial charge in [-0.15, -0.1) is 11.3 Å². The normalized spacial score (nSPS) is 12.2. The quantitative estimate of drug-likeness (QED) is 0.888. The van der Waals surface area contributed by atoms with Crippen LogP contribution in [0.5, 0.6) is 0 Å². The average molecular weight is 298 g/mol. The maximum Gasteiger partial charge on any atom is 0.229 e. The first-order valence-corrected chi connectivity index (χ1v) is 7.17. The molecule has 0 bridgehead atoms. The van der Waals surface area contributed by atoms with Crippen LogP contribution in [0.1, 0.15) is 16.7 Å². The number of anilines is 2. The van der Waals surface area contributed by atoms with Gasteiger partial charge in [0, 0.05) is 29.3 Å². The van der Waals surface area contributed by atoms with Crippen molar-refractivity contribution in [2.75, 3.05) is 17.7 Å². The van der Waals surface area contributed by atoms with Gasteiger partial charge in [0.05, 0.1) is 0 Å². The number of nitrogens with one attached hydrogen (secondary N) is 2. The van der Waals surface area contributed by atoms with Crippen LogP contribution in [0.3, 0.4) is 0 Å². The minimum atomic E-state index is 0.181. The molecular formula is C12H16ClN5S. The summed E-state index contributed by atoms with van der Waals surface area (Å²) in [7, 11) is 1.74. The summed E-state index contributed by atoms with van der Waals surface area (Å²) in [5, 5.41) is 6.27. The lowest BCUT2D eigenvalue weighted by atomic mass is 10.2. The molecule has 0 amide bonds. The highest BCUT2D eigenvalue weighted by molar-refractivity contribution is 7.11. The van der Waals surface area contributed by atoms with Gasteiger partial charge in [-0.25, -0.2) is 0 Å². The molecule has 2 aromatic rings. The topological polar surface area (TPSA) is 62.7 Å². The van der Waals surface area contributed by atoms with E-state index in [1.54, 1.807) is 18.4 Å². The summed E-state index contributed by atoms with van der Waals surface area (Å²) in [6.45, 7) is 4.20. The molecule has 2 aromatic heterocycles. The molecule has 1 unspecified atom stereocenters. The molecule has 0 radical (unpaired) electrons. The van der Waals surface area contributed by atoms with Gasteiger partial charge in [0.2, 0.25) is 17.2 Å². The summed E-state index contributed by atoms with van der Waals surface area (Å²) >= 11 is 7.64. The van der Waals surface area contributed by atoms with Gasteiger partial charge < -0.3 is 10.6 Å². The zero-order chi connectivity index (χ0) is 13.8. The Kier molecular flexibility index (Phi) is 4.55. The molecule has 0 saturated heterocycles. The summed E-state index contributed by atoms with van der Waals surface area (Å²) in [5.74, 6) is 0.951. The fourth-order valence-electron chi connectivity index (χ4n) is 1.69. The molecule has 0 aliphatic heterocycles. The van der Waals surface area contributed by atoms with Gasteiger partial charge in [-0.1, -0.05) is 0 Å². The van der Waals surface area contributed by atoms with Crippen LogP contribution in [0, 0.1) is 6.92 Å². The van der Waals surface area contributed by atoms with Gasteiger partial charge >= 0.3 is 0 Å². The summed E-state index contributed by atoms with van der Waals surface area (Å²) in [6.07, 6.45) is 0.927. The Bertz CT molecular complexity index is 557. The third-order valence-corrected chi connectivity index (χ3v) is 3.70. The molecule has 5 nitrogen and oxygen atoms in total. The first kappa shape index (κ1) is 14.0. The molecule has 0 aliphatic carbocycles. The highest BCUT2D eigenvalue weighted by atomic mass is 35.5. The molecular weight excluding hydrogens is 282 g/mol. The lowest BCUT2D eigenvalue weighted by Crippen LogP contribution is -2.20. The average Bonchev–Trinajstić information content (AvgIpc) is 2.73. The van der Waals surface area contributed by atoms with Crippen LogP contribution in [-0.4, -0.2) is 28.0 Å². The van der Waals surface area contributed by atoms with E-state index < -0.39 is 0 Å². The van der Waals surface area contributed by atoms with Gasteiger partial charge in [0.1, 0.15) is 0 Å². The van der Waals surface area contributed by atoms with E-state index in [0.717, 1.165) is 6.42 Å². The van der Waals surface area contributed by atoms with Crippen LogP contribution in [0.4, 0.5) is 11.9 Å². The zero-order valence-corrected chi connectivity index (χ0v) is 12.6. The minimum Gasteiger partial charge on any atom is -0.357 e. The lowest BCUT2D eigenvalue weighted by Gasteiger charge is -2.13. The molecule has 0 saturated carbocycles. The lowest BCUT2D eigenvalue weighted by molar-refractivity contribution is 0.784. The van der Waals surface area contributed by atoms with Crippen molar-refractivity contribution in [1.29, 1.82) is 0 Å². The van der Waals surface area contributed by atoms with Crippen molar-refractivity contribution in [2.45, 2.75) is 26.3 Å². The highest BCUT2D eigenvalue weighted by Gasteiger charge is 2.09. The van der Waals surface area contributed by atoms with Crippen LogP contribution >= 0.6 is 22.9 Å². The standard InChI is InChI=1S/C12H16ClN5S/c1-7(6-9-5-4-8(2)19-9)15-12-17-10(13)16-11(14-3)18-12/h4-5,7H,6H2,1-3H3,(H2,14,15,16,17,18). The summed E-state index contributed by atoms with van der Waals surface area (Å²) in [5.41, 5.74) is 0. The van der Waals surface area contributed by atoms with E-state index in [9.17, 15) is 0 Å². The molecule has 102 valence electrons. The van der Waals surface area contributed by atoms with Crippen molar-refractivity contribution >= 4 is 34.8 Å². The monoisotopic (exact) mass is 297 g/mol. The van der Waals surface area contributed by atoms with E-state index in [1.807, 2.05) is 0 Å². The molecule has 19 heavy (non-hydrogen) atoms. The van der Waals surface area contributed by atoms with Gasteiger partial charge in [0.25, 0.3) is 0 Å². The smallest absolute Gasteiger partial charge is 0.229 e. The van der Waals surface area contributed by atoms with Crippen molar-refractivity contribution in [2.24, 2.45) is 0 Å². The first-order chi connectivity index (χ1) is 9.06. The first-order valence-electron chi connectivity index (χ1n) is 5.98. The zero-order valence-electron chi connectivity index (χ0n) is 11.1. The van der Waals surface area contributed by atoms with Crippen LogP contribution < -0.4 is 10.6 Å². The second-order valence-corrected chi connectivity index (χ2v) is 5.97. The van der Waals surface area contributed by atoms with Crippen LogP contribution in [-0.2, 0) is 6.42 Å². The van der Waals surface area contributed by atoms with Gasteiger partial charge in [-0.3, -0.25) is 0 Å². The summed E-state index contributed by atoms with van der Waals surface area (Å²) < 4.78 is 0. The molecule has 2 N–H and O–H groups in total. The Morgan fingerprint density at radius 2 is 2.00 bits per heavy atom. The number of aryl methyl sites for hydroxylation is 1. The van der Waals surface area contributed by atoms with Crippen LogP contribution in [0.2, 0.25) is 5.28 Å². The van der Waals surface area contributed by atoms with Crippen molar-refractivity contribution in [3.8, 4) is 0 Å². The maximum atomic E-state index is 5.84. The fourth-order valence-corrected chi connectivity index (χ4v) is 2.87. The van der Waals surface area contributed by atoms with E-state index in [-0.39, 0.29) is 11.3 Å². The predicted octanol–water partition coefficient (Wildman–Crippen LogP) is 2.98. The van der Waals surface area contributed by atoms with E-state index in [4.69, 9.17) is 11.6 Å². The molecule has 2 rings (SSSR count). The second-order valence-electron chi connectivity index (χ2n) is 4.26. The molecule has 0 spiro atoms. The van der Waals surface area contributed by atoms with Gasteiger partial charge in [-0.05, 0) is 37.6 Å². The van der Waals surface area contributed by atoms with Crippen molar-refractivity contribution in [3.05, 3.63) is 27.2 Å². The molecule has 0 fully saturated rings. The number of aromatic nitrogens is 3. The number of hydrogen-bond acceptors (Lipinski definition) is 6. The van der Waals surface area contributed by atoms with Crippen molar-refractivity contribution in [3.63, 3.8) is 0 Å². The number of rotatable bonds is 5. The van der Waals surface area contributed by atoms with Crippen molar-refractivity contribution < 1.29 is 0 Å². The number of nitrogens with zero attached hydrogens (tertiary/aromatic N) is 3. The second kappa shape index (κ2) is 6.16. The Balaban J connectivity index is 2.02. The molecule has 0 aliphatic rings. The molecule has 0 aromatic carbocycles. The van der Waals surface area contributed by atoms with E-state index in [2.05, 4.69) is 51.6 Å². The van der Waals surface area contributed by atoms with Crippen LogP contribution in [0.15, 0.2) is 12.1 Å². The van der Waals surface area contributed by atoms with Crippen molar-refractivity contribution in [1.82, 2.24) is 15.0 Å². The van der Waals surface area contributed by atoms with E-state index >= 15 is 0 Å². The molecule has 2 heterocycles. The SMILES string of the molecule is CNc1nc(Cl)nc(NC(C)Cc2ccc(C)s2)n1. The third-order valence-electron chi connectivity index (χ3n) is 2.51. The Morgan fingerprint density at radius 3 is 2.63 bits per heavy atom. The van der Waals surface area contributed by atoms with Gasteiger partial charge in [0.15, 0.2) is 0 Å². The fraction of sp³-hybridized carbons (Fsp3) is 0.417. The number of hydrogen-bond donors (Lipinski definition) is 2. The van der Waals surface area contributed by atoms with Gasteiger partial charge in [-0.2, -0.15) is 15.0 Å². The largest absolute Gasteiger partial charge is 0.357 e. The molecule has 1 atom stereocenters. The predicted molar refractivity (Wildman–Crippen MR) is 80.2 cm³/mol. The summed E-state index contributed by atoms with van der Waals surface area (Å²) in [4.78, 5) is 14.9. The molecule has 7 heteroatoms. The number of thiophene rings is 1. The van der Waals surface area contributed by atoms with E-state index in [1.165, 1.54) is 9.75 Å². The third kappa shape index (κ3) is 4.04. The Labute approximate surface area is 121 Å². The minimum absolute atomic E-state index is 0.181. The maximum absolute atomic E-state index is 5.84. The van der Waals surface area contributed by atoms with Crippen LogP contribution in [0.25, 0.3) is 0 Å². The number of halogens is 1. The Hall–Kier alpha value is -1.40. The highest BCUT2D eigenvalue weighted by Crippen LogP contribution is 2.18. The summed E-state index contributed by atoms with van der Waals surface area (Å²) in [6, 6.07) is 4.50. The Morgan fingerprint density at radius 1 is 1.26 bits per heavy atom. The van der Waals surface area contributed by atoms with E-state index in [0.29, 0.717) is 11.9 Å².